The quantitative estimate of drug-likeness (QED) is 0.884. The Labute approximate surface area is 146 Å². The Balaban J connectivity index is 1.36. The van der Waals surface area contributed by atoms with E-state index < -0.39 is 6.10 Å². The van der Waals surface area contributed by atoms with Crippen LogP contribution in [0.1, 0.15) is 10.6 Å². The number of aliphatic hydroxyl groups is 1. The van der Waals surface area contributed by atoms with Crippen molar-refractivity contribution in [3.05, 3.63) is 48.7 Å². The maximum absolute atomic E-state index is 12.4. The Hall–Kier alpha value is -2.38. The number of carbonyl (C=O) groups is 1. The molecule has 2 aromatic rings. The molecular weight excluding hydrogens is 320 g/mol. The summed E-state index contributed by atoms with van der Waals surface area (Å²) >= 11 is 0. The van der Waals surface area contributed by atoms with Crippen LogP contribution in [0.2, 0.25) is 0 Å². The molecule has 2 fully saturated rings. The molecule has 0 unspecified atom stereocenters. The van der Waals surface area contributed by atoms with E-state index in [1.54, 1.807) is 4.90 Å². The van der Waals surface area contributed by atoms with Gasteiger partial charge in [0.15, 0.2) is 6.39 Å². The molecule has 0 bridgehead atoms. The molecular formula is C18H22N4O3. The van der Waals surface area contributed by atoms with Crippen LogP contribution in [0.3, 0.4) is 0 Å². The molecule has 2 saturated heterocycles. The highest BCUT2D eigenvalue weighted by molar-refractivity contribution is 5.91. The van der Waals surface area contributed by atoms with Crippen molar-refractivity contribution in [2.45, 2.75) is 12.1 Å². The summed E-state index contributed by atoms with van der Waals surface area (Å²) < 4.78 is 5.08. The number of para-hydroxylation sites is 1. The molecule has 3 heterocycles. The fourth-order valence-corrected chi connectivity index (χ4v) is 3.72. The Morgan fingerprint density at radius 1 is 1.12 bits per heavy atom. The third-order valence-corrected chi connectivity index (χ3v) is 5.09. The smallest absolute Gasteiger partial charge is 0.291 e. The minimum atomic E-state index is -0.532. The number of benzene rings is 1. The van der Waals surface area contributed by atoms with E-state index in [1.165, 1.54) is 18.3 Å². The lowest BCUT2D eigenvalue weighted by Gasteiger charge is -2.39. The number of oxazole rings is 1. The van der Waals surface area contributed by atoms with E-state index in [1.807, 2.05) is 6.07 Å². The summed E-state index contributed by atoms with van der Waals surface area (Å²) in [4.78, 5) is 22.5. The second-order valence-electron chi connectivity index (χ2n) is 6.57. The van der Waals surface area contributed by atoms with Crippen LogP contribution in [0.4, 0.5) is 5.69 Å². The number of likely N-dealkylation sites (tertiary alicyclic amines) is 1. The second kappa shape index (κ2) is 6.85. The van der Waals surface area contributed by atoms with Crippen LogP contribution in [0, 0.1) is 0 Å². The van der Waals surface area contributed by atoms with Gasteiger partial charge in [0.25, 0.3) is 5.91 Å². The van der Waals surface area contributed by atoms with Gasteiger partial charge >= 0.3 is 0 Å². The zero-order chi connectivity index (χ0) is 17.2. The van der Waals surface area contributed by atoms with Gasteiger partial charge in [-0.05, 0) is 12.1 Å². The molecule has 2 aliphatic rings. The third-order valence-electron chi connectivity index (χ3n) is 5.09. The van der Waals surface area contributed by atoms with Crippen LogP contribution in [0.15, 0.2) is 47.3 Å². The fourth-order valence-electron chi connectivity index (χ4n) is 3.72. The van der Waals surface area contributed by atoms with Gasteiger partial charge in [-0.2, -0.15) is 0 Å². The number of piperazine rings is 1. The predicted molar refractivity (Wildman–Crippen MR) is 92.4 cm³/mol. The molecule has 0 aliphatic carbocycles. The predicted octanol–water partition coefficient (Wildman–Crippen LogP) is 0.682. The van der Waals surface area contributed by atoms with Crippen molar-refractivity contribution in [3.63, 3.8) is 0 Å². The minimum Gasteiger partial charge on any atom is -0.438 e. The normalized spacial score (nSPS) is 24.7. The number of carbonyl (C=O) groups excluding carboxylic acids is 1. The van der Waals surface area contributed by atoms with Crippen LogP contribution in [-0.4, -0.2) is 77.2 Å². The SMILES string of the molecule is O=C(c1cnco1)N1C[C@@H](O)[C@H](N2CCN(c3ccccc3)CC2)C1. The highest BCUT2D eigenvalue weighted by Gasteiger charge is 2.39. The molecule has 4 rings (SSSR count). The summed E-state index contributed by atoms with van der Waals surface area (Å²) in [5.74, 6) is 0.0173. The number of aliphatic hydroxyl groups excluding tert-OH is 1. The lowest BCUT2D eigenvalue weighted by Crippen LogP contribution is -2.53. The lowest BCUT2D eigenvalue weighted by atomic mass is 10.1. The summed E-state index contributed by atoms with van der Waals surface area (Å²) in [6.45, 7) is 4.45. The summed E-state index contributed by atoms with van der Waals surface area (Å²) in [6, 6.07) is 10.3. The highest BCUT2D eigenvalue weighted by Crippen LogP contribution is 2.22. The van der Waals surface area contributed by atoms with Gasteiger partial charge in [-0.25, -0.2) is 4.98 Å². The number of hydrogen-bond donors (Lipinski definition) is 1. The number of hydrogen-bond acceptors (Lipinski definition) is 6. The number of β-amino-alcohol motifs (C(OH)–C–C–N with tert-alkyl or cyclic N) is 1. The van der Waals surface area contributed by atoms with Gasteiger partial charge in [0, 0.05) is 45.0 Å². The molecule has 7 nitrogen and oxygen atoms in total. The van der Waals surface area contributed by atoms with Gasteiger partial charge in [-0.3, -0.25) is 9.69 Å². The maximum atomic E-state index is 12.4. The van der Waals surface area contributed by atoms with Crippen molar-refractivity contribution in [3.8, 4) is 0 Å². The van der Waals surface area contributed by atoms with E-state index in [9.17, 15) is 9.90 Å². The van der Waals surface area contributed by atoms with Crippen molar-refractivity contribution in [2.24, 2.45) is 0 Å². The standard InChI is InChI=1S/C18H22N4O3/c23-16-12-22(18(24)17-10-19-13-25-17)11-15(16)21-8-6-20(7-9-21)14-4-2-1-3-5-14/h1-5,10,13,15-16,23H,6-9,11-12H2/t15-,16-/m1/s1. The highest BCUT2D eigenvalue weighted by atomic mass is 16.3. The van der Waals surface area contributed by atoms with Crippen molar-refractivity contribution in [1.29, 1.82) is 0 Å². The number of aromatic nitrogens is 1. The average Bonchev–Trinajstić information content (AvgIpc) is 3.32. The molecule has 0 spiro atoms. The average molecular weight is 342 g/mol. The van der Waals surface area contributed by atoms with Gasteiger partial charge in [0.05, 0.1) is 18.3 Å². The van der Waals surface area contributed by atoms with Gasteiger partial charge in [0.1, 0.15) is 0 Å². The number of anilines is 1. The Kier molecular flexibility index (Phi) is 4.42. The molecule has 132 valence electrons. The van der Waals surface area contributed by atoms with Crippen LogP contribution >= 0.6 is 0 Å². The zero-order valence-corrected chi connectivity index (χ0v) is 14.0. The summed E-state index contributed by atoms with van der Waals surface area (Å²) in [5.41, 5.74) is 1.23. The monoisotopic (exact) mass is 342 g/mol. The number of nitrogens with zero attached hydrogens (tertiary/aromatic N) is 4. The Morgan fingerprint density at radius 3 is 2.56 bits per heavy atom. The van der Waals surface area contributed by atoms with Crippen molar-refractivity contribution in [1.82, 2.24) is 14.8 Å². The summed E-state index contributed by atoms with van der Waals surface area (Å²) in [5, 5.41) is 10.4. The van der Waals surface area contributed by atoms with Crippen LogP contribution in [0.25, 0.3) is 0 Å². The Bertz CT molecular complexity index is 698. The number of amides is 1. The van der Waals surface area contributed by atoms with E-state index in [-0.39, 0.29) is 17.7 Å². The molecule has 1 aromatic heterocycles. The first kappa shape index (κ1) is 16.1. The molecule has 2 atom stereocenters. The molecule has 0 radical (unpaired) electrons. The van der Waals surface area contributed by atoms with Crippen LogP contribution < -0.4 is 4.90 Å². The van der Waals surface area contributed by atoms with E-state index >= 15 is 0 Å². The van der Waals surface area contributed by atoms with Gasteiger partial charge in [0.2, 0.25) is 5.76 Å². The largest absolute Gasteiger partial charge is 0.438 e. The van der Waals surface area contributed by atoms with Gasteiger partial charge < -0.3 is 19.3 Å². The van der Waals surface area contributed by atoms with E-state index in [4.69, 9.17) is 4.42 Å². The maximum Gasteiger partial charge on any atom is 0.291 e. The first-order valence-corrected chi connectivity index (χ1v) is 8.62. The molecule has 1 N–H and O–H groups in total. The molecule has 2 aliphatic heterocycles. The van der Waals surface area contributed by atoms with E-state index in [0.717, 1.165) is 26.2 Å². The number of rotatable bonds is 3. The molecule has 1 aromatic carbocycles. The second-order valence-corrected chi connectivity index (χ2v) is 6.57. The van der Waals surface area contributed by atoms with Crippen LogP contribution in [0.5, 0.6) is 0 Å². The van der Waals surface area contributed by atoms with Crippen molar-refractivity contribution >= 4 is 11.6 Å². The first-order chi connectivity index (χ1) is 12.2. The van der Waals surface area contributed by atoms with Crippen molar-refractivity contribution < 1.29 is 14.3 Å². The van der Waals surface area contributed by atoms with Gasteiger partial charge in [-0.15, -0.1) is 0 Å². The van der Waals surface area contributed by atoms with E-state index in [0.29, 0.717) is 13.1 Å². The van der Waals surface area contributed by atoms with Crippen molar-refractivity contribution in [2.75, 3.05) is 44.2 Å². The Morgan fingerprint density at radius 2 is 1.88 bits per heavy atom. The third kappa shape index (κ3) is 3.25. The molecule has 25 heavy (non-hydrogen) atoms. The minimum absolute atomic E-state index is 0.0233. The summed E-state index contributed by atoms with van der Waals surface area (Å²) in [7, 11) is 0. The zero-order valence-electron chi connectivity index (χ0n) is 14.0. The fraction of sp³-hybridized carbons (Fsp3) is 0.444. The van der Waals surface area contributed by atoms with Gasteiger partial charge in [-0.1, -0.05) is 18.2 Å². The topological polar surface area (TPSA) is 73.0 Å². The molecule has 1 amide bonds. The van der Waals surface area contributed by atoms with E-state index in [2.05, 4.69) is 39.0 Å². The lowest BCUT2D eigenvalue weighted by molar-refractivity contribution is 0.0729. The summed E-state index contributed by atoms with van der Waals surface area (Å²) in [6.07, 6.45) is 2.14. The molecule has 7 heteroatoms. The van der Waals surface area contributed by atoms with Crippen LogP contribution in [-0.2, 0) is 0 Å². The first-order valence-electron chi connectivity index (χ1n) is 8.62. The molecule has 0 saturated carbocycles.